The zero-order valence-corrected chi connectivity index (χ0v) is 13.9. The van der Waals surface area contributed by atoms with E-state index in [2.05, 4.69) is 0 Å². The Bertz CT molecular complexity index is 663. The maximum absolute atomic E-state index is 14.0. The van der Waals surface area contributed by atoms with Gasteiger partial charge in [-0.05, 0) is 11.5 Å². The van der Waals surface area contributed by atoms with Gasteiger partial charge >= 0.3 is 30.1 Å². The number of anilines is 1. The molecule has 1 aromatic rings. The summed E-state index contributed by atoms with van der Waals surface area (Å²) < 4.78 is 155. The fraction of sp³-hybridized carbons (Fsp3) is 0.455. The highest BCUT2D eigenvalue weighted by Crippen LogP contribution is 2.54. The molecule has 0 amide bonds. The maximum atomic E-state index is 14.0. The molecule has 0 saturated heterocycles. The Morgan fingerprint density at radius 1 is 0.731 bits per heavy atom. The molecular formula is C11H4BF12IN. The molecule has 15 heteroatoms. The van der Waals surface area contributed by atoms with Crippen molar-refractivity contribution in [3.8, 4) is 0 Å². The average molecular weight is 516 g/mol. The third kappa shape index (κ3) is 3.54. The first-order valence-electron chi connectivity index (χ1n) is 5.97. The van der Waals surface area contributed by atoms with Crippen molar-refractivity contribution < 1.29 is 52.7 Å². The number of alkyl halides is 12. The molecule has 1 aromatic carbocycles. The fourth-order valence-corrected chi connectivity index (χ4v) is 2.38. The molecule has 147 valence electrons. The van der Waals surface area contributed by atoms with E-state index in [-0.39, 0.29) is 6.07 Å². The Kier molecular flexibility index (Phi) is 5.79. The number of benzene rings is 1. The highest BCUT2D eigenvalue weighted by Gasteiger charge is 2.74. The third-order valence-electron chi connectivity index (χ3n) is 3.20. The highest BCUT2D eigenvalue weighted by atomic mass is 127. The monoisotopic (exact) mass is 516 g/mol. The molecule has 1 radical (unpaired) electrons. The van der Waals surface area contributed by atoms with Gasteiger partial charge in [-0.15, -0.1) is 0 Å². The van der Waals surface area contributed by atoms with Gasteiger partial charge in [-0.25, -0.2) is 4.39 Å². The van der Waals surface area contributed by atoms with Crippen LogP contribution in [0.15, 0.2) is 12.1 Å². The van der Waals surface area contributed by atoms with Gasteiger partial charge in [0, 0.05) is 11.3 Å². The lowest BCUT2D eigenvalue weighted by molar-refractivity contribution is -0.348. The summed E-state index contributed by atoms with van der Waals surface area (Å²) in [5, 5.41) is 0.527. The number of nitrogens with two attached hydrogens (primary N) is 1. The number of hydrogen-bond donors (Lipinski definition) is 1. The lowest BCUT2D eigenvalue weighted by atomic mass is 9.82. The molecule has 0 aliphatic heterocycles. The van der Waals surface area contributed by atoms with Crippen LogP contribution in [0.2, 0.25) is 0 Å². The van der Waals surface area contributed by atoms with Crippen molar-refractivity contribution in [3.63, 3.8) is 0 Å². The molecule has 1 rings (SSSR count). The number of hydrogen-bond acceptors (Lipinski definition) is 1. The van der Waals surface area contributed by atoms with Crippen LogP contribution in [0, 0.1) is 0 Å². The molecule has 0 atom stereocenters. The van der Waals surface area contributed by atoms with E-state index < -0.39 is 58.5 Å². The van der Waals surface area contributed by atoms with E-state index in [0.29, 0.717) is 5.14 Å². The van der Waals surface area contributed by atoms with Gasteiger partial charge in [0.2, 0.25) is 5.14 Å². The van der Waals surface area contributed by atoms with Crippen LogP contribution in [-0.2, 0) is 11.6 Å². The molecule has 0 fully saturated rings. The Morgan fingerprint density at radius 3 is 1.46 bits per heavy atom. The first-order valence-corrected chi connectivity index (χ1v) is 7.21. The van der Waals surface area contributed by atoms with Gasteiger partial charge in [0.15, 0.2) is 0 Å². The topological polar surface area (TPSA) is 26.0 Å². The van der Waals surface area contributed by atoms with Crippen LogP contribution in [0.1, 0.15) is 11.1 Å². The van der Waals surface area contributed by atoms with Crippen molar-refractivity contribution in [1.82, 2.24) is 0 Å². The Morgan fingerprint density at radius 2 is 1.15 bits per heavy atom. The molecule has 1 nitrogen and oxygen atoms in total. The Balaban J connectivity index is 3.95. The highest BCUT2D eigenvalue weighted by molar-refractivity contribution is 14.1. The molecule has 0 heterocycles. The van der Waals surface area contributed by atoms with Gasteiger partial charge in [-0.3, -0.25) is 0 Å². The summed E-state index contributed by atoms with van der Waals surface area (Å²) >= 11 is 1.12. The molecule has 26 heavy (non-hydrogen) atoms. The fourth-order valence-electron chi connectivity index (χ4n) is 1.87. The van der Waals surface area contributed by atoms with E-state index in [1.54, 1.807) is 0 Å². The zero-order chi connectivity index (χ0) is 20.9. The van der Waals surface area contributed by atoms with Crippen molar-refractivity contribution in [1.29, 1.82) is 0 Å². The summed E-state index contributed by atoms with van der Waals surface area (Å²) in [7, 11) is 0. The van der Waals surface area contributed by atoms with E-state index in [1.807, 2.05) is 0 Å². The SMILES string of the molecule is Nc1c([B]I)cc(C(F)(C(F)(F)F)C(F)(F)F)cc1C(F)(F)C(F)(F)F. The second-order valence-corrected chi connectivity index (χ2v) is 5.48. The van der Waals surface area contributed by atoms with Crippen LogP contribution < -0.4 is 11.2 Å². The Hall–Kier alpha value is -1.03. The smallest absolute Gasteiger partial charge is 0.399 e. The molecule has 0 unspecified atom stereocenters. The summed E-state index contributed by atoms with van der Waals surface area (Å²) in [5.74, 6) is -5.93. The molecule has 0 aromatic heterocycles. The van der Waals surface area contributed by atoms with Gasteiger partial charge in [0.25, 0.3) is 0 Å². The molecule has 0 aliphatic carbocycles. The zero-order valence-electron chi connectivity index (χ0n) is 11.7. The van der Waals surface area contributed by atoms with E-state index in [9.17, 15) is 52.7 Å². The normalized spacial score (nSPS) is 14.5. The second-order valence-electron chi connectivity index (χ2n) is 4.86. The average Bonchev–Trinajstić information content (AvgIpc) is 2.42. The summed E-state index contributed by atoms with van der Waals surface area (Å²) in [4.78, 5) is 0. The van der Waals surface area contributed by atoms with Gasteiger partial charge in [-0.2, -0.15) is 70.7 Å². The molecule has 0 bridgehead atoms. The van der Waals surface area contributed by atoms with E-state index in [0.717, 1.165) is 22.4 Å². The first kappa shape index (κ1) is 23.0. The number of halogens is 13. The maximum Gasteiger partial charge on any atom is 0.458 e. The first-order chi connectivity index (χ1) is 11.3. The summed E-state index contributed by atoms with van der Waals surface area (Å²) in [6.45, 7) is 0. The van der Waals surface area contributed by atoms with Gasteiger partial charge < -0.3 is 5.73 Å². The molecular weight excluding hydrogens is 512 g/mol. The minimum absolute atomic E-state index is 0.196. The predicted octanol–water partition coefficient (Wildman–Crippen LogP) is 4.89. The van der Waals surface area contributed by atoms with Crippen LogP contribution in [0.3, 0.4) is 0 Å². The summed E-state index contributed by atoms with van der Waals surface area (Å²) in [5.41, 5.74) is -8.64. The molecule has 2 N–H and O–H groups in total. The lowest BCUT2D eigenvalue weighted by Crippen LogP contribution is -2.51. The van der Waals surface area contributed by atoms with Crippen molar-refractivity contribution in [3.05, 3.63) is 23.3 Å². The van der Waals surface area contributed by atoms with Crippen LogP contribution in [0.4, 0.5) is 58.4 Å². The van der Waals surface area contributed by atoms with Crippen molar-refractivity contribution in [2.24, 2.45) is 0 Å². The lowest BCUT2D eigenvalue weighted by Gasteiger charge is -2.32. The third-order valence-corrected chi connectivity index (χ3v) is 3.87. The summed E-state index contributed by atoms with van der Waals surface area (Å²) in [6, 6.07) is -1.08. The van der Waals surface area contributed by atoms with Crippen LogP contribution >= 0.6 is 22.4 Å². The molecule has 0 aliphatic rings. The van der Waals surface area contributed by atoms with Gasteiger partial charge in [-0.1, -0.05) is 6.07 Å². The van der Waals surface area contributed by atoms with E-state index in [1.165, 1.54) is 0 Å². The Labute approximate surface area is 151 Å². The minimum Gasteiger partial charge on any atom is -0.399 e. The van der Waals surface area contributed by atoms with Gasteiger partial charge in [0.05, 0.1) is 5.56 Å². The summed E-state index contributed by atoms with van der Waals surface area (Å²) in [6.07, 6.45) is -19.8. The standard InChI is InChI=1S/C11H4BF12IN/c13-7(9(16,17)18,10(19,20)21)3-1-4(6(26)5(2-3)12-25)8(14,15)11(22,23)24/h1-2H,26H2. The van der Waals surface area contributed by atoms with Crippen molar-refractivity contribution in [2.45, 2.75) is 30.1 Å². The van der Waals surface area contributed by atoms with E-state index >= 15 is 0 Å². The van der Waals surface area contributed by atoms with E-state index in [4.69, 9.17) is 5.73 Å². The largest absolute Gasteiger partial charge is 0.458 e. The van der Waals surface area contributed by atoms with Crippen LogP contribution in [-0.4, -0.2) is 23.7 Å². The molecule has 0 saturated carbocycles. The van der Waals surface area contributed by atoms with Gasteiger partial charge in [0.1, 0.15) is 0 Å². The van der Waals surface area contributed by atoms with Crippen LogP contribution in [0.5, 0.6) is 0 Å². The van der Waals surface area contributed by atoms with Crippen molar-refractivity contribution in [2.75, 3.05) is 5.73 Å². The number of nitrogen functional groups attached to an aromatic ring is 1. The molecule has 0 spiro atoms. The van der Waals surface area contributed by atoms with Crippen molar-refractivity contribution >= 4 is 38.7 Å². The van der Waals surface area contributed by atoms with Crippen LogP contribution in [0.25, 0.3) is 0 Å². The minimum atomic E-state index is -6.70. The number of rotatable bonds is 3. The quantitative estimate of drug-likeness (QED) is 0.264. The second kappa shape index (κ2) is 6.54. The predicted molar refractivity (Wildman–Crippen MR) is 75.1 cm³/mol.